The van der Waals surface area contributed by atoms with Crippen molar-refractivity contribution in [2.24, 2.45) is 0 Å². The molecule has 0 bridgehead atoms. The number of aromatic hydroxyl groups is 1. The van der Waals surface area contributed by atoms with Gasteiger partial charge in [-0.15, -0.1) is 0 Å². The summed E-state index contributed by atoms with van der Waals surface area (Å²) in [5.74, 6) is 0.315. The minimum absolute atomic E-state index is 0.0742. The van der Waals surface area contributed by atoms with Gasteiger partial charge in [0.2, 0.25) is 0 Å². The molecule has 3 rings (SSSR count). The second kappa shape index (κ2) is 8.21. The number of benzene rings is 1. The van der Waals surface area contributed by atoms with E-state index in [1.54, 1.807) is 12.1 Å². The molecule has 0 radical (unpaired) electrons. The molecule has 2 N–H and O–H groups in total. The highest BCUT2D eigenvalue weighted by Crippen LogP contribution is 2.39. The van der Waals surface area contributed by atoms with E-state index in [9.17, 15) is 18.5 Å². The first-order valence-electron chi connectivity index (χ1n) is 9.53. The quantitative estimate of drug-likeness (QED) is 0.575. The third-order valence-corrected chi connectivity index (χ3v) is 7.49. The molecular weight excluding hydrogens is 363 g/mol. The number of sulfone groups is 1. The van der Waals surface area contributed by atoms with E-state index in [-0.39, 0.29) is 23.9 Å². The molecule has 2 aliphatic heterocycles. The Hall–Kier alpha value is -1.57. The predicted molar refractivity (Wildman–Crippen MR) is 108 cm³/mol. The predicted octanol–water partition coefficient (Wildman–Crippen LogP) is 3.35. The van der Waals surface area contributed by atoms with Crippen LogP contribution in [0.15, 0.2) is 41.0 Å². The summed E-state index contributed by atoms with van der Waals surface area (Å²) >= 11 is 0. The average Bonchev–Trinajstić information content (AvgIpc) is 2.83. The third-order valence-electron chi connectivity index (χ3n) is 5.34. The Morgan fingerprint density at radius 1 is 1.30 bits per heavy atom. The van der Waals surface area contributed by atoms with Gasteiger partial charge in [-0.3, -0.25) is 0 Å². The van der Waals surface area contributed by atoms with Crippen LogP contribution >= 0.6 is 0 Å². The first-order valence-corrected chi connectivity index (χ1v) is 11.2. The Kier molecular flexibility index (Phi) is 6.13. The molecular formula is C20H27BO5S. The lowest BCUT2D eigenvalue weighted by molar-refractivity contribution is 0.169. The number of fused-ring (bicyclic) bond motifs is 1. The van der Waals surface area contributed by atoms with E-state index >= 15 is 0 Å². The van der Waals surface area contributed by atoms with Gasteiger partial charge in [-0.2, -0.15) is 0 Å². The van der Waals surface area contributed by atoms with Gasteiger partial charge < -0.3 is 14.8 Å². The van der Waals surface area contributed by atoms with Crippen LogP contribution in [0.1, 0.15) is 45.1 Å². The van der Waals surface area contributed by atoms with E-state index in [1.165, 1.54) is 5.57 Å². The number of phenolic OH excluding ortho intramolecular Hbond substituents is 1. The molecule has 2 aliphatic rings. The van der Waals surface area contributed by atoms with Crippen molar-refractivity contribution in [1.29, 1.82) is 0 Å². The highest BCUT2D eigenvalue weighted by atomic mass is 32.2. The summed E-state index contributed by atoms with van der Waals surface area (Å²) in [6, 6.07) is 7.08. The van der Waals surface area contributed by atoms with Crippen LogP contribution in [0.3, 0.4) is 0 Å². The van der Waals surface area contributed by atoms with Gasteiger partial charge in [0.15, 0.2) is 9.84 Å². The van der Waals surface area contributed by atoms with Crippen LogP contribution in [0, 0.1) is 0 Å². The largest absolute Gasteiger partial charge is 0.508 e. The van der Waals surface area contributed by atoms with Crippen LogP contribution in [-0.4, -0.2) is 42.8 Å². The first kappa shape index (κ1) is 20.2. The molecule has 0 spiro atoms. The van der Waals surface area contributed by atoms with Crippen LogP contribution in [0.4, 0.5) is 0 Å². The number of allylic oxidation sites excluding steroid dienone is 1. The fraction of sp³-hybridized carbons (Fsp3) is 0.500. The molecule has 1 aromatic rings. The van der Waals surface area contributed by atoms with Gasteiger partial charge >= 0.3 is 7.12 Å². The van der Waals surface area contributed by atoms with Gasteiger partial charge in [0, 0.05) is 6.32 Å². The molecule has 27 heavy (non-hydrogen) atoms. The first-order chi connectivity index (χ1) is 12.8. The van der Waals surface area contributed by atoms with Gasteiger partial charge in [0.25, 0.3) is 0 Å². The van der Waals surface area contributed by atoms with E-state index < -0.39 is 22.2 Å². The smallest absolute Gasteiger partial charge is 0.456 e. The van der Waals surface area contributed by atoms with Gasteiger partial charge in [-0.25, -0.2) is 8.42 Å². The molecule has 0 aliphatic carbocycles. The van der Waals surface area contributed by atoms with Crippen molar-refractivity contribution in [2.75, 3.05) is 5.75 Å². The second-order valence-electron chi connectivity index (χ2n) is 7.53. The molecule has 0 amide bonds. The van der Waals surface area contributed by atoms with Crippen molar-refractivity contribution >= 4 is 23.0 Å². The molecule has 0 unspecified atom stereocenters. The zero-order chi connectivity index (χ0) is 19.6. The van der Waals surface area contributed by atoms with Crippen LogP contribution in [0.2, 0.25) is 6.32 Å². The lowest BCUT2D eigenvalue weighted by atomic mass is 9.74. The Balaban J connectivity index is 1.76. The molecule has 5 nitrogen and oxygen atoms in total. The monoisotopic (exact) mass is 390 g/mol. The maximum absolute atomic E-state index is 12.4. The maximum Gasteiger partial charge on any atom is 0.456 e. The SMILES string of the molecule is CCC/C(=C\c1ccc(O)cc1)CC[C@H]1OB(O)C[C@H]2C1=C(C)CS2(=O)=O. The summed E-state index contributed by atoms with van der Waals surface area (Å²) in [7, 11) is -4.24. The number of phenols is 1. The molecule has 1 saturated heterocycles. The standard InChI is InChI=1S/C20H27BO5S/c1-3-4-15(11-16-5-8-17(22)9-6-16)7-10-18-20-14(2)13-27(24,25)19(20)12-21(23)26-18/h5-6,8-9,11,18-19,22-23H,3-4,7,10,12-13H2,1-2H3/b15-11+/t18-,19+/m1/s1. The molecule has 1 fully saturated rings. The van der Waals surface area contributed by atoms with Crippen LogP contribution in [0.25, 0.3) is 6.08 Å². The zero-order valence-electron chi connectivity index (χ0n) is 15.9. The van der Waals surface area contributed by atoms with Crippen molar-refractivity contribution in [3.63, 3.8) is 0 Å². The molecule has 146 valence electrons. The van der Waals surface area contributed by atoms with Crippen molar-refractivity contribution in [3.8, 4) is 5.75 Å². The summed E-state index contributed by atoms with van der Waals surface area (Å²) < 4.78 is 30.5. The maximum atomic E-state index is 12.4. The van der Waals surface area contributed by atoms with E-state index in [1.807, 2.05) is 19.1 Å². The fourth-order valence-electron chi connectivity index (χ4n) is 4.15. The molecule has 1 aromatic carbocycles. The molecule has 7 heteroatoms. The van der Waals surface area contributed by atoms with Crippen molar-refractivity contribution < 1.29 is 23.2 Å². The summed E-state index contributed by atoms with van der Waals surface area (Å²) in [5.41, 5.74) is 4.01. The zero-order valence-corrected chi connectivity index (χ0v) is 16.7. The van der Waals surface area contributed by atoms with E-state index in [0.717, 1.165) is 36.0 Å². The third kappa shape index (κ3) is 4.65. The Labute approximate surface area is 161 Å². The van der Waals surface area contributed by atoms with Gasteiger partial charge in [0.1, 0.15) is 5.75 Å². The second-order valence-corrected chi connectivity index (χ2v) is 9.71. The summed E-state index contributed by atoms with van der Waals surface area (Å²) in [6.07, 6.45) is 5.28. The van der Waals surface area contributed by atoms with E-state index in [0.29, 0.717) is 6.42 Å². The topological polar surface area (TPSA) is 83.8 Å². The molecule has 2 heterocycles. The van der Waals surface area contributed by atoms with Crippen molar-refractivity contribution in [3.05, 3.63) is 46.5 Å². The number of rotatable bonds is 6. The van der Waals surface area contributed by atoms with Gasteiger partial charge in [-0.05, 0) is 49.5 Å². The number of hydrogen-bond donors (Lipinski definition) is 2. The Morgan fingerprint density at radius 3 is 2.67 bits per heavy atom. The summed E-state index contributed by atoms with van der Waals surface area (Å²) in [4.78, 5) is 0. The van der Waals surface area contributed by atoms with E-state index in [4.69, 9.17) is 4.65 Å². The lowest BCUT2D eigenvalue weighted by Crippen LogP contribution is -2.41. The minimum Gasteiger partial charge on any atom is -0.508 e. The average molecular weight is 390 g/mol. The molecule has 0 saturated carbocycles. The molecule has 2 atom stereocenters. The van der Waals surface area contributed by atoms with Gasteiger partial charge in [-0.1, -0.05) is 42.7 Å². The minimum atomic E-state index is -3.22. The van der Waals surface area contributed by atoms with Crippen LogP contribution in [-0.2, 0) is 14.5 Å². The van der Waals surface area contributed by atoms with Crippen molar-refractivity contribution in [2.45, 2.75) is 57.2 Å². The highest BCUT2D eigenvalue weighted by Gasteiger charge is 2.47. The van der Waals surface area contributed by atoms with Crippen LogP contribution in [0.5, 0.6) is 5.75 Å². The lowest BCUT2D eigenvalue weighted by Gasteiger charge is -2.32. The van der Waals surface area contributed by atoms with Crippen LogP contribution < -0.4 is 0 Å². The summed E-state index contributed by atoms with van der Waals surface area (Å²) in [5, 5.41) is 18.9. The summed E-state index contributed by atoms with van der Waals surface area (Å²) in [6.45, 7) is 3.98. The van der Waals surface area contributed by atoms with Gasteiger partial charge in [0.05, 0.1) is 17.1 Å². The highest BCUT2D eigenvalue weighted by molar-refractivity contribution is 7.92. The number of hydrogen-bond acceptors (Lipinski definition) is 5. The Bertz CT molecular complexity index is 842. The van der Waals surface area contributed by atoms with Crippen molar-refractivity contribution in [1.82, 2.24) is 0 Å². The molecule has 0 aromatic heterocycles. The Morgan fingerprint density at radius 2 is 2.00 bits per heavy atom. The fourth-order valence-corrected chi connectivity index (χ4v) is 6.32. The van der Waals surface area contributed by atoms with E-state index in [2.05, 4.69) is 13.0 Å². The normalized spacial score (nSPS) is 25.0.